The number of hydrogen-bond donors (Lipinski definition) is 2. The normalized spacial score (nSPS) is 22.5. The molecule has 1 rings (SSSR count). The quantitative estimate of drug-likeness (QED) is 0.694. The van der Waals surface area contributed by atoms with Crippen molar-refractivity contribution in [2.24, 2.45) is 0 Å². The van der Waals surface area contributed by atoms with Crippen molar-refractivity contribution in [3.63, 3.8) is 0 Å². The molecule has 15 heavy (non-hydrogen) atoms. The van der Waals surface area contributed by atoms with Crippen LogP contribution in [0, 0.1) is 0 Å². The predicted molar refractivity (Wildman–Crippen MR) is 59.6 cm³/mol. The molecule has 2 N–H and O–H groups in total. The van der Waals surface area contributed by atoms with Gasteiger partial charge >= 0.3 is 0 Å². The number of carbonyl (C=O) groups is 1. The second kappa shape index (κ2) is 4.94. The van der Waals surface area contributed by atoms with Gasteiger partial charge in [0, 0.05) is 13.1 Å². The Morgan fingerprint density at radius 3 is 2.53 bits per heavy atom. The number of β-amino-alcohol motifs (C(OH)–C–C–N with tert-alkyl or cyclic N) is 1. The summed E-state index contributed by atoms with van der Waals surface area (Å²) in [7, 11) is 1.80. The Morgan fingerprint density at radius 1 is 1.53 bits per heavy atom. The summed E-state index contributed by atoms with van der Waals surface area (Å²) >= 11 is 0. The Labute approximate surface area is 91.6 Å². The molecule has 0 spiro atoms. The van der Waals surface area contributed by atoms with Crippen molar-refractivity contribution in [2.45, 2.75) is 44.8 Å². The van der Waals surface area contributed by atoms with E-state index < -0.39 is 5.60 Å². The van der Waals surface area contributed by atoms with E-state index in [1.807, 2.05) is 13.8 Å². The molecule has 1 aliphatic heterocycles. The zero-order valence-corrected chi connectivity index (χ0v) is 9.92. The van der Waals surface area contributed by atoms with Crippen molar-refractivity contribution in [3.8, 4) is 0 Å². The first kappa shape index (κ1) is 12.5. The Bertz CT molecular complexity index is 227. The van der Waals surface area contributed by atoms with Crippen LogP contribution in [0.3, 0.4) is 0 Å². The third-order valence-electron chi connectivity index (χ3n) is 3.45. The Hall–Kier alpha value is -0.610. The number of likely N-dealkylation sites (N-methyl/N-ethyl adjacent to an activating group) is 1. The van der Waals surface area contributed by atoms with Crippen LogP contribution in [0.1, 0.15) is 33.1 Å². The van der Waals surface area contributed by atoms with E-state index in [0.717, 1.165) is 13.0 Å². The molecule has 1 atom stereocenters. The first-order valence-electron chi connectivity index (χ1n) is 5.74. The molecule has 0 aromatic rings. The third-order valence-corrected chi connectivity index (χ3v) is 3.45. The van der Waals surface area contributed by atoms with Gasteiger partial charge in [0.25, 0.3) is 0 Å². The lowest BCUT2D eigenvalue weighted by atomic mass is 9.97. The minimum absolute atomic E-state index is 0.0528. The first-order chi connectivity index (χ1) is 7.06. The molecule has 4 nitrogen and oxygen atoms in total. The van der Waals surface area contributed by atoms with Gasteiger partial charge in [-0.1, -0.05) is 13.8 Å². The number of amides is 1. The molecule has 4 heteroatoms. The van der Waals surface area contributed by atoms with Crippen LogP contribution in [0.15, 0.2) is 0 Å². The number of hydrogen-bond acceptors (Lipinski definition) is 3. The van der Waals surface area contributed by atoms with Gasteiger partial charge in [-0.25, -0.2) is 0 Å². The van der Waals surface area contributed by atoms with E-state index in [2.05, 4.69) is 5.32 Å². The van der Waals surface area contributed by atoms with E-state index >= 15 is 0 Å². The highest BCUT2D eigenvalue weighted by atomic mass is 16.3. The van der Waals surface area contributed by atoms with Crippen molar-refractivity contribution in [3.05, 3.63) is 0 Å². The lowest BCUT2D eigenvalue weighted by Gasteiger charge is -2.30. The van der Waals surface area contributed by atoms with Gasteiger partial charge in [0.15, 0.2) is 0 Å². The second-order valence-corrected chi connectivity index (χ2v) is 4.32. The third kappa shape index (κ3) is 2.69. The molecule has 1 unspecified atom stereocenters. The molecule has 0 saturated carbocycles. The number of aliphatic hydroxyl groups is 1. The number of nitrogens with one attached hydrogen (secondary N) is 1. The fourth-order valence-corrected chi connectivity index (χ4v) is 1.99. The highest BCUT2D eigenvalue weighted by molar-refractivity contribution is 5.84. The number of rotatable bonds is 5. The summed E-state index contributed by atoms with van der Waals surface area (Å²) in [6.45, 7) is 5.14. The minimum Gasteiger partial charge on any atom is -0.388 e. The molecule has 0 aromatic heterocycles. The SMILES string of the molecule is CCC(O)(CC)CN1CCC(NC)C1=O. The second-order valence-electron chi connectivity index (χ2n) is 4.32. The lowest BCUT2D eigenvalue weighted by Crippen LogP contribution is -2.45. The Morgan fingerprint density at radius 2 is 2.13 bits per heavy atom. The van der Waals surface area contributed by atoms with Crippen LogP contribution in [0.2, 0.25) is 0 Å². The average molecular weight is 214 g/mol. The van der Waals surface area contributed by atoms with Crippen LogP contribution in [0.4, 0.5) is 0 Å². The molecule has 88 valence electrons. The zero-order chi connectivity index (χ0) is 11.5. The fraction of sp³-hybridized carbons (Fsp3) is 0.909. The molecule has 0 radical (unpaired) electrons. The highest BCUT2D eigenvalue weighted by Crippen LogP contribution is 2.20. The van der Waals surface area contributed by atoms with Crippen LogP contribution >= 0.6 is 0 Å². The molecular formula is C11H22N2O2. The summed E-state index contributed by atoms with van der Waals surface area (Å²) in [5.74, 6) is 0.123. The molecule has 0 aliphatic carbocycles. The zero-order valence-electron chi connectivity index (χ0n) is 9.92. The van der Waals surface area contributed by atoms with Crippen molar-refractivity contribution < 1.29 is 9.90 Å². The van der Waals surface area contributed by atoms with Crippen molar-refractivity contribution in [1.29, 1.82) is 0 Å². The molecular weight excluding hydrogens is 192 g/mol. The van der Waals surface area contributed by atoms with Gasteiger partial charge in [0.2, 0.25) is 5.91 Å². The van der Waals surface area contributed by atoms with E-state index in [1.54, 1.807) is 11.9 Å². The van der Waals surface area contributed by atoms with Crippen molar-refractivity contribution in [2.75, 3.05) is 20.1 Å². The molecule has 1 amide bonds. The summed E-state index contributed by atoms with van der Waals surface area (Å²) in [4.78, 5) is 13.6. The summed E-state index contributed by atoms with van der Waals surface area (Å²) in [6.07, 6.45) is 2.23. The maximum atomic E-state index is 11.8. The molecule has 1 heterocycles. The predicted octanol–water partition coefficient (Wildman–Crippen LogP) is 0.358. The maximum absolute atomic E-state index is 11.8. The minimum atomic E-state index is -0.710. The standard InChI is InChI=1S/C11H22N2O2/c1-4-11(15,5-2)8-13-7-6-9(12-3)10(13)14/h9,12,15H,4-8H2,1-3H3. The van der Waals surface area contributed by atoms with Crippen LogP contribution in [0.25, 0.3) is 0 Å². The lowest BCUT2D eigenvalue weighted by molar-refractivity contribution is -0.132. The molecule has 1 fully saturated rings. The van der Waals surface area contributed by atoms with Crippen LogP contribution < -0.4 is 5.32 Å². The highest BCUT2D eigenvalue weighted by Gasteiger charge is 2.35. The van der Waals surface area contributed by atoms with E-state index in [-0.39, 0.29) is 11.9 Å². The van der Waals surface area contributed by atoms with Gasteiger partial charge in [-0.05, 0) is 26.3 Å². The topological polar surface area (TPSA) is 52.6 Å². The van der Waals surface area contributed by atoms with E-state index in [1.165, 1.54) is 0 Å². The maximum Gasteiger partial charge on any atom is 0.239 e. The summed E-state index contributed by atoms with van der Waals surface area (Å²) in [5.41, 5.74) is -0.710. The van der Waals surface area contributed by atoms with E-state index in [9.17, 15) is 9.90 Å². The largest absolute Gasteiger partial charge is 0.388 e. The van der Waals surface area contributed by atoms with Gasteiger partial charge < -0.3 is 15.3 Å². The van der Waals surface area contributed by atoms with E-state index in [0.29, 0.717) is 19.4 Å². The number of carbonyl (C=O) groups excluding carboxylic acids is 1. The van der Waals surface area contributed by atoms with Gasteiger partial charge in [0.05, 0.1) is 11.6 Å². The molecule has 0 aromatic carbocycles. The Balaban J connectivity index is 2.56. The van der Waals surface area contributed by atoms with Crippen LogP contribution in [-0.2, 0) is 4.79 Å². The monoisotopic (exact) mass is 214 g/mol. The summed E-state index contributed by atoms with van der Waals surface area (Å²) in [5, 5.41) is 13.1. The number of likely N-dealkylation sites (tertiary alicyclic amines) is 1. The molecule has 1 aliphatic rings. The van der Waals surface area contributed by atoms with Gasteiger partial charge in [-0.3, -0.25) is 4.79 Å². The van der Waals surface area contributed by atoms with Gasteiger partial charge in [-0.15, -0.1) is 0 Å². The van der Waals surface area contributed by atoms with Gasteiger partial charge in [-0.2, -0.15) is 0 Å². The Kier molecular flexibility index (Phi) is 4.11. The number of nitrogens with zero attached hydrogens (tertiary/aromatic N) is 1. The smallest absolute Gasteiger partial charge is 0.239 e. The molecule has 1 saturated heterocycles. The van der Waals surface area contributed by atoms with Crippen molar-refractivity contribution in [1.82, 2.24) is 10.2 Å². The average Bonchev–Trinajstić information content (AvgIpc) is 2.60. The fourth-order valence-electron chi connectivity index (χ4n) is 1.99. The van der Waals surface area contributed by atoms with Crippen LogP contribution in [-0.4, -0.2) is 47.7 Å². The van der Waals surface area contributed by atoms with E-state index in [4.69, 9.17) is 0 Å². The van der Waals surface area contributed by atoms with Crippen LogP contribution in [0.5, 0.6) is 0 Å². The summed E-state index contributed by atoms with van der Waals surface area (Å²) < 4.78 is 0. The van der Waals surface area contributed by atoms with Crippen molar-refractivity contribution >= 4 is 5.91 Å². The first-order valence-corrected chi connectivity index (χ1v) is 5.74. The van der Waals surface area contributed by atoms with Gasteiger partial charge in [0.1, 0.15) is 0 Å². The molecule has 0 bridgehead atoms. The summed E-state index contributed by atoms with van der Waals surface area (Å²) in [6, 6.07) is -0.0528.